The molecule has 90 valence electrons. The first-order chi connectivity index (χ1) is 8.06. The number of rotatable bonds is 3. The standard InChI is InChI=1S/C11H8Cl3NO2/c12-8-3-6(4-9(13)11(8)16)15-5-7-1-2-10(14)17-7/h1-4,15-16H,5H2. The van der Waals surface area contributed by atoms with Crippen molar-refractivity contribution in [1.82, 2.24) is 0 Å². The molecule has 0 amide bonds. The molecule has 1 heterocycles. The maximum Gasteiger partial charge on any atom is 0.193 e. The number of hydrogen-bond donors (Lipinski definition) is 2. The van der Waals surface area contributed by atoms with Gasteiger partial charge in [0, 0.05) is 5.69 Å². The molecule has 2 N–H and O–H groups in total. The van der Waals surface area contributed by atoms with Crippen molar-refractivity contribution in [3.8, 4) is 5.75 Å². The first-order valence-electron chi connectivity index (χ1n) is 4.72. The molecule has 0 atom stereocenters. The van der Waals surface area contributed by atoms with Crippen LogP contribution in [0.2, 0.25) is 15.3 Å². The number of furan rings is 1. The quantitative estimate of drug-likeness (QED) is 0.815. The van der Waals surface area contributed by atoms with Gasteiger partial charge in [-0.3, -0.25) is 0 Å². The summed E-state index contributed by atoms with van der Waals surface area (Å²) in [5, 5.41) is 13.2. The van der Waals surface area contributed by atoms with E-state index in [4.69, 9.17) is 39.2 Å². The van der Waals surface area contributed by atoms with Crippen LogP contribution in [-0.4, -0.2) is 5.11 Å². The van der Waals surface area contributed by atoms with E-state index >= 15 is 0 Å². The summed E-state index contributed by atoms with van der Waals surface area (Å²) in [7, 11) is 0. The minimum absolute atomic E-state index is 0.125. The molecule has 0 aliphatic rings. The van der Waals surface area contributed by atoms with E-state index in [0.717, 1.165) is 0 Å². The van der Waals surface area contributed by atoms with Gasteiger partial charge in [0.1, 0.15) is 5.76 Å². The number of halogens is 3. The van der Waals surface area contributed by atoms with Gasteiger partial charge in [-0.05, 0) is 35.9 Å². The van der Waals surface area contributed by atoms with Crippen molar-refractivity contribution in [2.75, 3.05) is 5.32 Å². The molecular weight excluding hydrogens is 284 g/mol. The highest BCUT2D eigenvalue weighted by molar-refractivity contribution is 6.37. The molecule has 6 heteroatoms. The monoisotopic (exact) mass is 291 g/mol. The molecule has 1 aromatic carbocycles. The second-order valence-electron chi connectivity index (χ2n) is 3.35. The molecule has 0 aliphatic heterocycles. The van der Waals surface area contributed by atoms with Crippen molar-refractivity contribution in [1.29, 1.82) is 0 Å². The van der Waals surface area contributed by atoms with Gasteiger partial charge in [0.05, 0.1) is 16.6 Å². The number of anilines is 1. The molecule has 0 aliphatic carbocycles. The van der Waals surface area contributed by atoms with E-state index in [1.807, 2.05) is 0 Å². The molecule has 0 bridgehead atoms. The highest BCUT2D eigenvalue weighted by Gasteiger charge is 2.07. The summed E-state index contributed by atoms with van der Waals surface area (Å²) < 4.78 is 5.18. The number of nitrogens with one attached hydrogen (secondary N) is 1. The van der Waals surface area contributed by atoms with Gasteiger partial charge in [-0.1, -0.05) is 23.2 Å². The molecule has 3 nitrogen and oxygen atoms in total. The van der Waals surface area contributed by atoms with Gasteiger partial charge in [-0.25, -0.2) is 0 Å². The highest BCUT2D eigenvalue weighted by Crippen LogP contribution is 2.34. The maximum absolute atomic E-state index is 9.39. The van der Waals surface area contributed by atoms with Gasteiger partial charge < -0.3 is 14.8 Å². The average Bonchev–Trinajstić information content (AvgIpc) is 2.69. The first-order valence-corrected chi connectivity index (χ1v) is 5.86. The van der Waals surface area contributed by atoms with E-state index in [0.29, 0.717) is 23.2 Å². The Morgan fingerprint density at radius 1 is 1.12 bits per heavy atom. The molecule has 0 unspecified atom stereocenters. The van der Waals surface area contributed by atoms with E-state index in [-0.39, 0.29) is 15.8 Å². The molecular formula is C11H8Cl3NO2. The highest BCUT2D eigenvalue weighted by atomic mass is 35.5. The summed E-state index contributed by atoms with van der Waals surface area (Å²) in [6.45, 7) is 0.449. The van der Waals surface area contributed by atoms with E-state index < -0.39 is 0 Å². The predicted molar refractivity (Wildman–Crippen MR) is 69.2 cm³/mol. The third kappa shape index (κ3) is 3.00. The molecule has 0 radical (unpaired) electrons. The number of benzene rings is 1. The van der Waals surface area contributed by atoms with Gasteiger partial charge in [-0.2, -0.15) is 0 Å². The number of phenolic OH excluding ortho intramolecular Hbond substituents is 1. The summed E-state index contributed by atoms with van der Waals surface area (Å²) in [6.07, 6.45) is 0. The average molecular weight is 293 g/mol. The van der Waals surface area contributed by atoms with Gasteiger partial charge in [0.25, 0.3) is 0 Å². The third-order valence-corrected chi connectivity index (χ3v) is 2.89. The van der Waals surface area contributed by atoms with Crippen LogP contribution in [0.15, 0.2) is 28.7 Å². The SMILES string of the molecule is Oc1c(Cl)cc(NCc2ccc(Cl)o2)cc1Cl. The van der Waals surface area contributed by atoms with E-state index in [1.165, 1.54) is 0 Å². The van der Waals surface area contributed by atoms with Crippen molar-refractivity contribution in [3.63, 3.8) is 0 Å². The molecule has 17 heavy (non-hydrogen) atoms. The van der Waals surface area contributed by atoms with Crippen molar-refractivity contribution < 1.29 is 9.52 Å². The smallest absolute Gasteiger partial charge is 0.193 e. The van der Waals surface area contributed by atoms with Gasteiger partial charge >= 0.3 is 0 Å². The summed E-state index contributed by atoms with van der Waals surface area (Å²) >= 11 is 17.2. The van der Waals surface area contributed by atoms with Crippen molar-refractivity contribution in [2.24, 2.45) is 0 Å². The van der Waals surface area contributed by atoms with Gasteiger partial charge in [-0.15, -0.1) is 0 Å². The second-order valence-corrected chi connectivity index (χ2v) is 4.53. The van der Waals surface area contributed by atoms with Crippen LogP contribution in [-0.2, 0) is 6.54 Å². The Kier molecular flexibility index (Phi) is 3.72. The topological polar surface area (TPSA) is 45.4 Å². The molecule has 0 spiro atoms. The van der Waals surface area contributed by atoms with Crippen LogP contribution >= 0.6 is 34.8 Å². The summed E-state index contributed by atoms with van der Waals surface area (Å²) in [6, 6.07) is 6.58. The zero-order valence-corrected chi connectivity index (χ0v) is 10.8. The van der Waals surface area contributed by atoms with Gasteiger partial charge in [0.15, 0.2) is 11.0 Å². The Labute approximate surface area is 113 Å². The lowest BCUT2D eigenvalue weighted by atomic mass is 10.3. The molecule has 0 fully saturated rings. The lowest BCUT2D eigenvalue weighted by Gasteiger charge is -2.07. The Bertz CT molecular complexity index is 516. The fraction of sp³-hybridized carbons (Fsp3) is 0.0909. The maximum atomic E-state index is 9.39. The molecule has 0 saturated carbocycles. The fourth-order valence-corrected chi connectivity index (χ4v) is 1.95. The lowest BCUT2D eigenvalue weighted by Crippen LogP contribution is -1.97. The van der Waals surface area contributed by atoms with Crippen LogP contribution in [0.5, 0.6) is 5.75 Å². The fourth-order valence-electron chi connectivity index (χ4n) is 1.30. The molecule has 2 rings (SSSR count). The van der Waals surface area contributed by atoms with Crippen LogP contribution in [0.25, 0.3) is 0 Å². The zero-order chi connectivity index (χ0) is 12.4. The van der Waals surface area contributed by atoms with Crippen LogP contribution in [0.4, 0.5) is 5.69 Å². The minimum Gasteiger partial charge on any atom is -0.505 e. The zero-order valence-electron chi connectivity index (χ0n) is 8.51. The minimum atomic E-state index is -0.125. The van der Waals surface area contributed by atoms with Crippen molar-refractivity contribution in [2.45, 2.75) is 6.54 Å². The molecule has 1 aromatic heterocycles. The van der Waals surface area contributed by atoms with Crippen molar-refractivity contribution >= 4 is 40.5 Å². The van der Waals surface area contributed by atoms with Crippen LogP contribution < -0.4 is 5.32 Å². The molecule has 2 aromatic rings. The summed E-state index contributed by atoms with van der Waals surface area (Å²) in [4.78, 5) is 0. The van der Waals surface area contributed by atoms with Crippen LogP contribution in [0, 0.1) is 0 Å². The number of aromatic hydroxyl groups is 1. The van der Waals surface area contributed by atoms with Crippen molar-refractivity contribution in [3.05, 3.63) is 45.3 Å². The normalized spacial score (nSPS) is 10.5. The van der Waals surface area contributed by atoms with Crippen LogP contribution in [0.1, 0.15) is 5.76 Å². The van der Waals surface area contributed by atoms with E-state index in [9.17, 15) is 5.11 Å². The number of hydrogen-bond acceptors (Lipinski definition) is 3. The third-order valence-electron chi connectivity index (χ3n) is 2.11. The predicted octanol–water partition coefficient (Wildman–Crippen LogP) is 4.56. The summed E-state index contributed by atoms with van der Waals surface area (Å²) in [5.41, 5.74) is 0.685. The van der Waals surface area contributed by atoms with E-state index in [1.54, 1.807) is 24.3 Å². The first kappa shape index (κ1) is 12.4. The van der Waals surface area contributed by atoms with Gasteiger partial charge in [0.2, 0.25) is 0 Å². The largest absolute Gasteiger partial charge is 0.505 e. The Hall–Kier alpha value is -1.03. The Morgan fingerprint density at radius 3 is 2.29 bits per heavy atom. The Balaban J connectivity index is 2.09. The second kappa shape index (κ2) is 5.08. The lowest BCUT2D eigenvalue weighted by molar-refractivity contribution is 0.476. The Morgan fingerprint density at radius 2 is 1.76 bits per heavy atom. The summed E-state index contributed by atoms with van der Waals surface area (Å²) in [5.74, 6) is 0.565. The number of phenols is 1. The van der Waals surface area contributed by atoms with E-state index in [2.05, 4.69) is 5.32 Å². The van der Waals surface area contributed by atoms with Crippen LogP contribution in [0.3, 0.4) is 0 Å². The molecule has 0 saturated heterocycles.